The highest BCUT2D eigenvalue weighted by Gasteiger charge is 2.21. The van der Waals surface area contributed by atoms with Gasteiger partial charge in [0, 0.05) is 10.4 Å². The van der Waals surface area contributed by atoms with Gasteiger partial charge in [-0.2, -0.15) is 4.98 Å². The normalized spacial score (nSPS) is 13.4. The van der Waals surface area contributed by atoms with Crippen LogP contribution in [0.5, 0.6) is 0 Å². The third kappa shape index (κ3) is 2.39. The van der Waals surface area contributed by atoms with Crippen molar-refractivity contribution in [3.8, 4) is 11.5 Å². The van der Waals surface area contributed by atoms with Crippen LogP contribution in [0.2, 0.25) is 0 Å². The van der Waals surface area contributed by atoms with Crippen molar-refractivity contribution in [3.63, 3.8) is 0 Å². The Morgan fingerprint density at radius 2 is 2.08 bits per heavy atom. The van der Waals surface area contributed by atoms with Crippen molar-refractivity contribution in [2.24, 2.45) is 0 Å². The van der Waals surface area contributed by atoms with Gasteiger partial charge in [-0.1, -0.05) is 23.4 Å². The zero-order chi connectivity index (χ0) is 16.8. The van der Waals surface area contributed by atoms with Crippen molar-refractivity contribution < 1.29 is 4.52 Å². The third-order valence-corrected chi connectivity index (χ3v) is 5.69. The van der Waals surface area contributed by atoms with Crippen LogP contribution in [0, 0.1) is 0 Å². The van der Waals surface area contributed by atoms with Crippen LogP contribution in [0.15, 0.2) is 46.0 Å². The SMILES string of the molecule is O=c1c2c3c(sc2ncn1Cc1noc(-c2ccccc2)n1)CCC3. The van der Waals surface area contributed by atoms with Gasteiger partial charge >= 0.3 is 0 Å². The van der Waals surface area contributed by atoms with Crippen LogP contribution in [-0.2, 0) is 19.4 Å². The van der Waals surface area contributed by atoms with E-state index in [0.717, 1.165) is 35.0 Å². The molecule has 0 unspecified atom stereocenters. The van der Waals surface area contributed by atoms with Crippen LogP contribution >= 0.6 is 11.3 Å². The maximum Gasteiger partial charge on any atom is 0.262 e. The van der Waals surface area contributed by atoms with E-state index in [1.807, 2.05) is 30.3 Å². The maximum atomic E-state index is 12.9. The smallest absolute Gasteiger partial charge is 0.262 e. The molecule has 0 fully saturated rings. The molecule has 1 aliphatic carbocycles. The molecular formula is C18H14N4O2S. The Bertz CT molecular complexity index is 1130. The molecule has 5 rings (SSSR count). The van der Waals surface area contributed by atoms with Crippen LogP contribution in [0.1, 0.15) is 22.7 Å². The monoisotopic (exact) mass is 350 g/mol. The number of aryl methyl sites for hydroxylation is 2. The standard InChI is InChI=1S/C18H14N4O2S/c23-18-15-12-7-4-8-13(12)25-17(15)19-10-22(18)9-14-20-16(24-21-14)11-5-2-1-3-6-11/h1-3,5-6,10H,4,7-9H2. The van der Waals surface area contributed by atoms with Crippen molar-refractivity contribution >= 4 is 21.6 Å². The molecule has 0 spiro atoms. The molecule has 0 radical (unpaired) electrons. The molecule has 0 saturated carbocycles. The van der Waals surface area contributed by atoms with Gasteiger partial charge in [-0.15, -0.1) is 11.3 Å². The van der Waals surface area contributed by atoms with Gasteiger partial charge in [0.2, 0.25) is 0 Å². The summed E-state index contributed by atoms with van der Waals surface area (Å²) in [5, 5.41) is 4.77. The van der Waals surface area contributed by atoms with Crippen molar-refractivity contribution in [1.29, 1.82) is 0 Å². The Kier molecular flexibility index (Phi) is 3.27. The van der Waals surface area contributed by atoms with E-state index in [1.54, 1.807) is 22.2 Å². The van der Waals surface area contributed by atoms with Crippen LogP contribution in [0.3, 0.4) is 0 Å². The van der Waals surface area contributed by atoms with Crippen LogP contribution in [0.25, 0.3) is 21.7 Å². The number of rotatable bonds is 3. The lowest BCUT2D eigenvalue weighted by Crippen LogP contribution is -2.21. The van der Waals surface area contributed by atoms with Gasteiger partial charge in [0.25, 0.3) is 11.4 Å². The first-order chi connectivity index (χ1) is 12.3. The second kappa shape index (κ2) is 5.63. The lowest BCUT2D eigenvalue weighted by Gasteiger charge is -2.02. The minimum Gasteiger partial charge on any atom is -0.334 e. The first-order valence-electron chi connectivity index (χ1n) is 8.17. The predicted molar refractivity (Wildman–Crippen MR) is 94.7 cm³/mol. The largest absolute Gasteiger partial charge is 0.334 e. The summed E-state index contributed by atoms with van der Waals surface area (Å²) in [5.74, 6) is 0.920. The molecule has 6 nitrogen and oxygen atoms in total. The molecule has 0 amide bonds. The Morgan fingerprint density at radius 3 is 2.96 bits per heavy atom. The first kappa shape index (κ1) is 14.5. The summed E-state index contributed by atoms with van der Waals surface area (Å²) in [6, 6.07) is 9.58. The van der Waals surface area contributed by atoms with E-state index < -0.39 is 0 Å². The molecule has 1 aromatic carbocycles. The fraction of sp³-hybridized carbons (Fsp3) is 0.222. The summed E-state index contributed by atoms with van der Waals surface area (Å²) in [7, 11) is 0. The van der Waals surface area contributed by atoms with E-state index in [0.29, 0.717) is 11.7 Å². The quantitative estimate of drug-likeness (QED) is 0.568. The van der Waals surface area contributed by atoms with Crippen molar-refractivity contribution in [1.82, 2.24) is 19.7 Å². The van der Waals surface area contributed by atoms with Crippen LogP contribution in [0.4, 0.5) is 0 Å². The zero-order valence-corrected chi connectivity index (χ0v) is 14.1. The van der Waals surface area contributed by atoms with Gasteiger partial charge in [0.1, 0.15) is 4.83 Å². The Labute approximate surface area is 146 Å². The number of hydrogen-bond donors (Lipinski definition) is 0. The fourth-order valence-electron chi connectivity index (χ4n) is 3.30. The Morgan fingerprint density at radius 1 is 1.20 bits per heavy atom. The number of thiophene rings is 1. The van der Waals surface area contributed by atoms with E-state index in [9.17, 15) is 4.79 Å². The number of benzene rings is 1. The molecule has 7 heteroatoms. The summed E-state index contributed by atoms with van der Waals surface area (Å²) in [4.78, 5) is 23.9. The number of aromatic nitrogens is 4. The van der Waals surface area contributed by atoms with Gasteiger partial charge in [-0.3, -0.25) is 9.36 Å². The predicted octanol–water partition coefficient (Wildman–Crippen LogP) is 3.05. The molecule has 124 valence electrons. The highest BCUT2D eigenvalue weighted by atomic mass is 32.1. The number of fused-ring (bicyclic) bond motifs is 3. The highest BCUT2D eigenvalue weighted by molar-refractivity contribution is 7.18. The zero-order valence-electron chi connectivity index (χ0n) is 13.3. The van der Waals surface area contributed by atoms with E-state index in [1.165, 1.54) is 10.4 Å². The lowest BCUT2D eigenvalue weighted by atomic mass is 10.2. The second-order valence-electron chi connectivity index (χ2n) is 6.10. The molecule has 0 N–H and O–H groups in total. The summed E-state index contributed by atoms with van der Waals surface area (Å²) >= 11 is 1.64. The minimum atomic E-state index is -0.0181. The molecule has 25 heavy (non-hydrogen) atoms. The number of hydrogen-bond acceptors (Lipinski definition) is 6. The molecule has 1 aliphatic rings. The molecule has 4 aromatic rings. The van der Waals surface area contributed by atoms with Gasteiger partial charge in [-0.25, -0.2) is 4.98 Å². The van der Waals surface area contributed by atoms with Gasteiger partial charge in [0.05, 0.1) is 18.3 Å². The van der Waals surface area contributed by atoms with Gasteiger partial charge in [-0.05, 0) is 37.0 Å². The highest BCUT2D eigenvalue weighted by Crippen LogP contribution is 2.34. The topological polar surface area (TPSA) is 73.8 Å². The summed E-state index contributed by atoms with van der Waals surface area (Å²) in [6.45, 7) is 0.253. The van der Waals surface area contributed by atoms with Gasteiger partial charge in [0.15, 0.2) is 5.82 Å². The molecule has 3 heterocycles. The van der Waals surface area contributed by atoms with Crippen molar-refractivity contribution in [2.75, 3.05) is 0 Å². The Hall–Kier alpha value is -2.80. The molecule has 0 saturated heterocycles. The maximum absolute atomic E-state index is 12.9. The average molecular weight is 350 g/mol. The Balaban J connectivity index is 1.52. The van der Waals surface area contributed by atoms with Crippen LogP contribution in [-0.4, -0.2) is 19.7 Å². The van der Waals surface area contributed by atoms with E-state index in [-0.39, 0.29) is 12.1 Å². The third-order valence-electron chi connectivity index (χ3n) is 4.49. The van der Waals surface area contributed by atoms with Crippen molar-refractivity contribution in [3.05, 3.63) is 63.3 Å². The molecule has 3 aromatic heterocycles. The minimum absolute atomic E-state index is 0.0181. The summed E-state index contributed by atoms with van der Waals surface area (Å²) in [5.41, 5.74) is 2.03. The second-order valence-corrected chi connectivity index (χ2v) is 7.18. The average Bonchev–Trinajstić information content (AvgIpc) is 3.34. The van der Waals surface area contributed by atoms with E-state index in [2.05, 4.69) is 15.1 Å². The molecule has 0 atom stereocenters. The fourth-order valence-corrected chi connectivity index (χ4v) is 4.52. The van der Waals surface area contributed by atoms with E-state index in [4.69, 9.17) is 4.52 Å². The molecular weight excluding hydrogens is 336 g/mol. The lowest BCUT2D eigenvalue weighted by molar-refractivity contribution is 0.420. The van der Waals surface area contributed by atoms with E-state index >= 15 is 0 Å². The summed E-state index contributed by atoms with van der Waals surface area (Å²) in [6.07, 6.45) is 4.73. The van der Waals surface area contributed by atoms with Gasteiger partial charge < -0.3 is 4.52 Å². The number of nitrogens with zero attached hydrogens (tertiary/aromatic N) is 4. The van der Waals surface area contributed by atoms with Crippen LogP contribution < -0.4 is 5.56 Å². The molecule has 0 aliphatic heterocycles. The first-order valence-corrected chi connectivity index (χ1v) is 8.99. The summed E-state index contributed by atoms with van der Waals surface area (Å²) < 4.78 is 6.88. The molecule has 0 bridgehead atoms. The van der Waals surface area contributed by atoms with Crippen molar-refractivity contribution in [2.45, 2.75) is 25.8 Å².